The number of non-ortho nitro benzene ring substituents is 1. The van der Waals surface area contributed by atoms with Crippen molar-refractivity contribution in [1.29, 1.82) is 0 Å². The van der Waals surface area contributed by atoms with Crippen molar-refractivity contribution in [3.8, 4) is 11.1 Å². The van der Waals surface area contributed by atoms with E-state index in [4.69, 9.17) is 4.74 Å². The predicted octanol–water partition coefficient (Wildman–Crippen LogP) is 2.75. The van der Waals surface area contributed by atoms with Crippen molar-refractivity contribution in [3.63, 3.8) is 0 Å². The molecule has 0 unspecified atom stereocenters. The molecule has 1 aromatic heterocycles. The SMILES string of the molecule is COC(=O)c1cncc(C)c1-c1ccc([N+](=O)[O-])cc1. The molecule has 0 aliphatic heterocycles. The fourth-order valence-electron chi connectivity index (χ4n) is 1.96. The first-order valence-corrected chi connectivity index (χ1v) is 5.82. The fourth-order valence-corrected chi connectivity index (χ4v) is 1.96. The molecule has 102 valence electrons. The molecule has 0 N–H and O–H groups in total. The van der Waals surface area contributed by atoms with Crippen LogP contribution in [-0.2, 0) is 4.74 Å². The van der Waals surface area contributed by atoms with Gasteiger partial charge in [0.2, 0.25) is 0 Å². The van der Waals surface area contributed by atoms with E-state index in [1.807, 2.05) is 6.92 Å². The largest absolute Gasteiger partial charge is 0.465 e. The lowest BCUT2D eigenvalue weighted by atomic mass is 9.97. The van der Waals surface area contributed by atoms with Crippen LogP contribution in [0.25, 0.3) is 11.1 Å². The summed E-state index contributed by atoms with van der Waals surface area (Å²) in [4.78, 5) is 25.9. The Kier molecular flexibility index (Phi) is 3.74. The summed E-state index contributed by atoms with van der Waals surface area (Å²) < 4.78 is 4.73. The number of hydrogen-bond acceptors (Lipinski definition) is 5. The monoisotopic (exact) mass is 272 g/mol. The quantitative estimate of drug-likeness (QED) is 0.487. The van der Waals surface area contributed by atoms with E-state index in [0.717, 1.165) is 5.56 Å². The summed E-state index contributed by atoms with van der Waals surface area (Å²) in [7, 11) is 1.30. The van der Waals surface area contributed by atoms with E-state index in [9.17, 15) is 14.9 Å². The van der Waals surface area contributed by atoms with E-state index in [2.05, 4.69) is 4.98 Å². The second-order valence-electron chi connectivity index (χ2n) is 4.17. The predicted molar refractivity (Wildman–Crippen MR) is 72.4 cm³/mol. The highest BCUT2D eigenvalue weighted by Crippen LogP contribution is 2.28. The molecule has 20 heavy (non-hydrogen) atoms. The van der Waals surface area contributed by atoms with Gasteiger partial charge in [0.25, 0.3) is 5.69 Å². The topological polar surface area (TPSA) is 82.3 Å². The number of carbonyl (C=O) groups is 1. The maximum absolute atomic E-state index is 11.8. The molecule has 0 spiro atoms. The molecule has 0 saturated carbocycles. The highest BCUT2D eigenvalue weighted by molar-refractivity contribution is 5.97. The van der Waals surface area contributed by atoms with Gasteiger partial charge in [-0.05, 0) is 30.2 Å². The summed E-state index contributed by atoms with van der Waals surface area (Å²) in [6.45, 7) is 1.82. The molecule has 1 aromatic carbocycles. The number of pyridine rings is 1. The summed E-state index contributed by atoms with van der Waals surface area (Å²) in [6.07, 6.45) is 3.05. The maximum atomic E-state index is 11.8. The maximum Gasteiger partial charge on any atom is 0.340 e. The highest BCUT2D eigenvalue weighted by Gasteiger charge is 2.16. The Balaban J connectivity index is 2.56. The van der Waals surface area contributed by atoms with Crippen molar-refractivity contribution in [1.82, 2.24) is 4.98 Å². The van der Waals surface area contributed by atoms with Crippen LogP contribution in [0.4, 0.5) is 5.69 Å². The number of aryl methyl sites for hydroxylation is 1. The third-order valence-corrected chi connectivity index (χ3v) is 2.91. The molecule has 0 aliphatic rings. The van der Waals surface area contributed by atoms with Gasteiger partial charge in [-0.1, -0.05) is 0 Å². The van der Waals surface area contributed by atoms with Gasteiger partial charge in [0.1, 0.15) is 0 Å². The molecular weight excluding hydrogens is 260 g/mol. The number of nitro groups is 1. The number of rotatable bonds is 3. The molecule has 2 rings (SSSR count). The molecule has 0 fully saturated rings. The zero-order chi connectivity index (χ0) is 14.7. The average molecular weight is 272 g/mol. The minimum absolute atomic E-state index is 0.0000715. The number of aromatic nitrogens is 1. The van der Waals surface area contributed by atoms with Gasteiger partial charge in [-0.25, -0.2) is 4.79 Å². The Labute approximate surface area is 115 Å². The van der Waals surface area contributed by atoms with Crippen LogP contribution < -0.4 is 0 Å². The van der Waals surface area contributed by atoms with Crippen LogP contribution in [-0.4, -0.2) is 23.0 Å². The molecule has 6 nitrogen and oxygen atoms in total. The summed E-state index contributed by atoms with van der Waals surface area (Å²) in [5.74, 6) is -0.491. The second kappa shape index (κ2) is 5.48. The fraction of sp³-hybridized carbons (Fsp3) is 0.143. The average Bonchev–Trinajstić information content (AvgIpc) is 2.46. The molecule has 1 heterocycles. The Bertz CT molecular complexity index is 665. The molecule has 0 saturated heterocycles. The van der Waals surface area contributed by atoms with Crippen molar-refractivity contribution in [2.75, 3.05) is 7.11 Å². The van der Waals surface area contributed by atoms with Gasteiger partial charge >= 0.3 is 5.97 Å². The van der Waals surface area contributed by atoms with E-state index in [1.165, 1.54) is 25.4 Å². The number of ether oxygens (including phenoxy) is 1. The Morgan fingerprint density at radius 2 is 1.90 bits per heavy atom. The molecule has 0 amide bonds. The lowest BCUT2D eigenvalue weighted by Gasteiger charge is -2.10. The van der Waals surface area contributed by atoms with Crippen molar-refractivity contribution < 1.29 is 14.5 Å². The van der Waals surface area contributed by atoms with Gasteiger partial charge in [0.05, 0.1) is 17.6 Å². The number of methoxy groups -OCH3 is 1. The van der Waals surface area contributed by atoms with Gasteiger partial charge in [-0.15, -0.1) is 0 Å². The summed E-state index contributed by atoms with van der Waals surface area (Å²) in [6, 6.07) is 6.01. The van der Waals surface area contributed by atoms with E-state index in [-0.39, 0.29) is 5.69 Å². The standard InChI is InChI=1S/C14H12N2O4/c1-9-7-15-8-12(14(17)20-2)13(9)10-3-5-11(6-4-10)16(18)19/h3-8H,1-2H3. The number of carbonyl (C=O) groups excluding carboxylic acids is 1. The van der Waals surface area contributed by atoms with Crippen LogP contribution in [0.1, 0.15) is 15.9 Å². The number of esters is 1. The molecule has 0 atom stereocenters. The molecule has 2 aromatic rings. The van der Waals surface area contributed by atoms with Gasteiger partial charge in [-0.2, -0.15) is 0 Å². The third kappa shape index (κ3) is 2.49. The minimum atomic E-state index is -0.491. The molecular formula is C14H12N2O4. The van der Waals surface area contributed by atoms with Gasteiger partial charge in [0.15, 0.2) is 0 Å². The number of benzene rings is 1. The van der Waals surface area contributed by atoms with Crippen molar-refractivity contribution in [2.24, 2.45) is 0 Å². The van der Waals surface area contributed by atoms with Crippen molar-refractivity contribution in [2.45, 2.75) is 6.92 Å². The molecule has 6 heteroatoms. The van der Waals surface area contributed by atoms with E-state index >= 15 is 0 Å². The van der Waals surface area contributed by atoms with Crippen molar-refractivity contribution >= 4 is 11.7 Å². The van der Waals surface area contributed by atoms with Crippen LogP contribution in [0.3, 0.4) is 0 Å². The summed E-state index contributed by atoms with van der Waals surface area (Å²) in [5.41, 5.74) is 2.50. The Morgan fingerprint density at radius 1 is 1.25 bits per heavy atom. The first-order chi connectivity index (χ1) is 9.54. The molecule has 0 aliphatic carbocycles. The van der Waals surface area contributed by atoms with Gasteiger partial charge in [0, 0.05) is 30.1 Å². The number of hydrogen-bond donors (Lipinski definition) is 0. The van der Waals surface area contributed by atoms with Crippen LogP contribution in [0.2, 0.25) is 0 Å². The minimum Gasteiger partial charge on any atom is -0.465 e. The third-order valence-electron chi connectivity index (χ3n) is 2.91. The normalized spacial score (nSPS) is 10.1. The van der Waals surface area contributed by atoms with E-state index in [0.29, 0.717) is 16.7 Å². The lowest BCUT2D eigenvalue weighted by Crippen LogP contribution is -2.05. The van der Waals surface area contributed by atoms with Gasteiger partial charge in [-0.3, -0.25) is 15.1 Å². The number of nitrogens with zero attached hydrogens (tertiary/aromatic N) is 2. The van der Waals surface area contributed by atoms with Gasteiger partial charge < -0.3 is 4.74 Å². The first kappa shape index (κ1) is 13.7. The Morgan fingerprint density at radius 3 is 2.45 bits per heavy atom. The number of nitro benzene ring substituents is 1. The molecule has 0 bridgehead atoms. The highest BCUT2D eigenvalue weighted by atomic mass is 16.6. The Hall–Kier alpha value is -2.76. The smallest absolute Gasteiger partial charge is 0.340 e. The van der Waals surface area contributed by atoms with Crippen molar-refractivity contribution in [3.05, 3.63) is 57.9 Å². The zero-order valence-electron chi connectivity index (χ0n) is 11.0. The lowest BCUT2D eigenvalue weighted by molar-refractivity contribution is -0.384. The van der Waals surface area contributed by atoms with Crippen LogP contribution >= 0.6 is 0 Å². The van der Waals surface area contributed by atoms with E-state index < -0.39 is 10.9 Å². The van der Waals surface area contributed by atoms with Crippen LogP contribution in [0.5, 0.6) is 0 Å². The van der Waals surface area contributed by atoms with Crippen LogP contribution in [0.15, 0.2) is 36.7 Å². The summed E-state index contributed by atoms with van der Waals surface area (Å²) in [5, 5.41) is 10.7. The molecule has 0 radical (unpaired) electrons. The zero-order valence-corrected chi connectivity index (χ0v) is 11.0. The first-order valence-electron chi connectivity index (χ1n) is 5.82. The van der Waals surface area contributed by atoms with E-state index in [1.54, 1.807) is 18.3 Å². The second-order valence-corrected chi connectivity index (χ2v) is 4.17. The summed E-state index contributed by atoms with van der Waals surface area (Å²) >= 11 is 0. The van der Waals surface area contributed by atoms with Crippen LogP contribution in [0, 0.1) is 17.0 Å².